The van der Waals surface area contributed by atoms with Gasteiger partial charge in [-0.25, -0.2) is 0 Å². The van der Waals surface area contributed by atoms with E-state index in [-0.39, 0.29) is 6.04 Å². The van der Waals surface area contributed by atoms with Crippen LogP contribution in [0.1, 0.15) is 37.8 Å². The van der Waals surface area contributed by atoms with E-state index in [2.05, 4.69) is 4.72 Å². The summed E-state index contributed by atoms with van der Waals surface area (Å²) in [6, 6.07) is 7.38. The average molecular weight is 283 g/mol. The molecule has 0 fully saturated rings. The van der Waals surface area contributed by atoms with Gasteiger partial charge in [-0.2, -0.15) is 13.1 Å². The number of para-hydroxylation sites is 1. The molecule has 1 heterocycles. The zero-order valence-electron chi connectivity index (χ0n) is 11.2. The van der Waals surface area contributed by atoms with Crippen molar-refractivity contribution in [1.29, 1.82) is 0 Å². The molecule has 0 aromatic heterocycles. The maximum atomic E-state index is 12.3. The molecule has 1 aromatic carbocycles. The molecule has 1 atom stereocenters. The largest absolute Gasteiger partial charge is 0.324 e. The first kappa shape index (κ1) is 14.3. The zero-order chi connectivity index (χ0) is 13.9. The standard InChI is InChI=1S/C13H21N3O2S/c1-2-9-15-19(17,18)16-10-5-7-12(14)11-6-3-4-8-13(11)16/h3-4,6,8,12,15H,2,5,7,9-10,14H2,1H3. The van der Waals surface area contributed by atoms with E-state index in [0.29, 0.717) is 18.8 Å². The second-order valence-corrected chi connectivity index (χ2v) is 6.46. The first-order valence-electron chi connectivity index (χ1n) is 6.68. The number of hydrogen-bond acceptors (Lipinski definition) is 3. The predicted molar refractivity (Wildman–Crippen MR) is 77.2 cm³/mol. The molecular formula is C13H21N3O2S. The van der Waals surface area contributed by atoms with E-state index in [1.807, 2.05) is 31.2 Å². The monoisotopic (exact) mass is 283 g/mol. The van der Waals surface area contributed by atoms with Gasteiger partial charge in [0, 0.05) is 19.1 Å². The summed E-state index contributed by atoms with van der Waals surface area (Å²) in [7, 11) is -3.48. The maximum Gasteiger partial charge on any atom is 0.301 e. The van der Waals surface area contributed by atoms with Gasteiger partial charge in [0.15, 0.2) is 0 Å². The molecule has 106 valence electrons. The molecule has 6 heteroatoms. The van der Waals surface area contributed by atoms with Crippen LogP contribution in [0.5, 0.6) is 0 Å². The Morgan fingerprint density at radius 2 is 2.16 bits per heavy atom. The number of nitrogens with zero attached hydrogens (tertiary/aromatic N) is 1. The summed E-state index contributed by atoms with van der Waals surface area (Å²) >= 11 is 0. The van der Waals surface area contributed by atoms with Gasteiger partial charge in [0.05, 0.1) is 5.69 Å². The van der Waals surface area contributed by atoms with Crippen LogP contribution in [0.25, 0.3) is 0 Å². The van der Waals surface area contributed by atoms with Crippen molar-refractivity contribution in [2.45, 2.75) is 32.2 Å². The molecule has 0 radical (unpaired) electrons. The Kier molecular flexibility index (Phi) is 4.44. The van der Waals surface area contributed by atoms with Gasteiger partial charge >= 0.3 is 10.2 Å². The van der Waals surface area contributed by atoms with E-state index in [0.717, 1.165) is 24.8 Å². The van der Waals surface area contributed by atoms with Crippen LogP contribution >= 0.6 is 0 Å². The number of nitrogens with two attached hydrogens (primary N) is 1. The van der Waals surface area contributed by atoms with E-state index in [1.54, 1.807) is 0 Å². The van der Waals surface area contributed by atoms with Gasteiger partial charge < -0.3 is 5.73 Å². The third-order valence-electron chi connectivity index (χ3n) is 3.31. The second kappa shape index (κ2) is 5.90. The Morgan fingerprint density at radius 3 is 2.89 bits per heavy atom. The van der Waals surface area contributed by atoms with Crippen molar-refractivity contribution < 1.29 is 8.42 Å². The number of nitrogens with one attached hydrogen (secondary N) is 1. The molecule has 1 aromatic rings. The van der Waals surface area contributed by atoms with E-state index in [1.165, 1.54) is 4.31 Å². The molecule has 0 spiro atoms. The molecule has 1 unspecified atom stereocenters. The first-order valence-corrected chi connectivity index (χ1v) is 8.12. The quantitative estimate of drug-likeness (QED) is 0.880. The average Bonchev–Trinajstić information content (AvgIpc) is 2.57. The predicted octanol–water partition coefficient (Wildman–Crippen LogP) is 1.53. The molecule has 0 amide bonds. The van der Waals surface area contributed by atoms with Gasteiger partial charge in [0.25, 0.3) is 0 Å². The Labute approximate surface area is 115 Å². The summed E-state index contributed by atoms with van der Waals surface area (Å²) in [5.74, 6) is 0. The van der Waals surface area contributed by atoms with Crippen molar-refractivity contribution in [1.82, 2.24) is 4.72 Å². The van der Waals surface area contributed by atoms with Crippen molar-refractivity contribution in [2.24, 2.45) is 5.73 Å². The molecule has 0 bridgehead atoms. The lowest BCUT2D eigenvalue weighted by Gasteiger charge is -2.25. The van der Waals surface area contributed by atoms with E-state index >= 15 is 0 Å². The fourth-order valence-electron chi connectivity index (χ4n) is 2.32. The zero-order valence-corrected chi connectivity index (χ0v) is 12.0. The van der Waals surface area contributed by atoms with Crippen molar-refractivity contribution in [3.63, 3.8) is 0 Å². The van der Waals surface area contributed by atoms with Gasteiger partial charge in [-0.3, -0.25) is 4.31 Å². The second-order valence-electron chi connectivity index (χ2n) is 4.78. The van der Waals surface area contributed by atoms with Gasteiger partial charge in [-0.05, 0) is 30.9 Å². The molecule has 1 aliphatic rings. The smallest absolute Gasteiger partial charge is 0.301 e. The summed E-state index contributed by atoms with van der Waals surface area (Å²) < 4.78 is 28.7. The summed E-state index contributed by atoms with van der Waals surface area (Å²) in [5.41, 5.74) is 7.72. The number of rotatable bonds is 4. The molecule has 3 N–H and O–H groups in total. The molecule has 1 aliphatic heterocycles. The molecular weight excluding hydrogens is 262 g/mol. The van der Waals surface area contributed by atoms with Crippen LogP contribution in [0.4, 0.5) is 5.69 Å². The topological polar surface area (TPSA) is 75.4 Å². The minimum atomic E-state index is -3.48. The Hall–Kier alpha value is -1.11. The first-order chi connectivity index (χ1) is 9.06. The third kappa shape index (κ3) is 3.08. The molecule has 0 aliphatic carbocycles. The van der Waals surface area contributed by atoms with Crippen LogP contribution in [0.3, 0.4) is 0 Å². The summed E-state index contributed by atoms with van der Waals surface area (Å²) in [6.07, 6.45) is 2.34. The van der Waals surface area contributed by atoms with Gasteiger partial charge in [-0.15, -0.1) is 0 Å². The van der Waals surface area contributed by atoms with Crippen molar-refractivity contribution in [2.75, 3.05) is 17.4 Å². The van der Waals surface area contributed by atoms with Gasteiger partial charge in [0.2, 0.25) is 0 Å². The van der Waals surface area contributed by atoms with E-state index in [4.69, 9.17) is 5.73 Å². The van der Waals surface area contributed by atoms with Crippen LogP contribution in [-0.4, -0.2) is 21.5 Å². The van der Waals surface area contributed by atoms with Crippen molar-refractivity contribution in [3.05, 3.63) is 29.8 Å². The lowest BCUT2D eigenvalue weighted by atomic mass is 10.0. The number of anilines is 1. The number of fused-ring (bicyclic) bond motifs is 1. The number of benzene rings is 1. The molecule has 19 heavy (non-hydrogen) atoms. The fourth-order valence-corrected chi connectivity index (χ4v) is 3.73. The number of hydrogen-bond donors (Lipinski definition) is 2. The summed E-state index contributed by atoms with van der Waals surface area (Å²) in [4.78, 5) is 0. The van der Waals surface area contributed by atoms with Crippen molar-refractivity contribution >= 4 is 15.9 Å². The van der Waals surface area contributed by atoms with Crippen LogP contribution in [-0.2, 0) is 10.2 Å². The van der Waals surface area contributed by atoms with Crippen LogP contribution < -0.4 is 14.8 Å². The van der Waals surface area contributed by atoms with Crippen molar-refractivity contribution in [3.8, 4) is 0 Å². The van der Waals surface area contributed by atoms with Crippen LogP contribution in [0.15, 0.2) is 24.3 Å². The molecule has 5 nitrogen and oxygen atoms in total. The lowest BCUT2D eigenvalue weighted by molar-refractivity contribution is 0.572. The SMILES string of the molecule is CCCNS(=O)(=O)N1CCCC(N)c2ccccc21. The van der Waals surface area contributed by atoms with Gasteiger partial charge in [0.1, 0.15) is 0 Å². The normalized spacial score (nSPS) is 19.9. The van der Waals surface area contributed by atoms with E-state index in [9.17, 15) is 8.42 Å². The molecule has 2 rings (SSSR count). The van der Waals surface area contributed by atoms with Gasteiger partial charge in [-0.1, -0.05) is 25.1 Å². The highest BCUT2D eigenvalue weighted by Gasteiger charge is 2.27. The van der Waals surface area contributed by atoms with E-state index < -0.39 is 10.2 Å². The maximum absolute atomic E-state index is 12.3. The van der Waals surface area contributed by atoms with Crippen LogP contribution in [0.2, 0.25) is 0 Å². The minimum absolute atomic E-state index is 0.0948. The molecule has 0 saturated heterocycles. The lowest BCUT2D eigenvalue weighted by Crippen LogP contribution is -2.41. The Bertz CT molecular complexity index is 530. The minimum Gasteiger partial charge on any atom is -0.324 e. The highest BCUT2D eigenvalue weighted by molar-refractivity contribution is 7.90. The third-order valence-corrected chi connectivity index (χ3v) is 4.83. The van der Waals surface area contributed by atoms with Crippen LogP contribution in [0, 0.1) is 0 Å². The Balaban J connectivity index is 2.38. The summed E-state index contributed by atoms with van der Waals surface area (Å²) in [6.45, 7) is 2.87. The fraction of sp³-hybridized carbons (Fsp3) is 0.538. The molecule has 0 saturated carbocycles. The summed E-state index contributed by atoms with van der Waals surface area (Å²) in [5, 5.41) is 0. The highest BCUT2D eigenvalue weighted by Crippen LogP contribution is 2.32. The highest BCUT2D eigenvalue weighted by atomic mass is 32.2. The Morgan fingerprint density at radius 1 is 1.42 bits per heavy atom.